The van der Waals surface area contributed by atoms with E-state index in [1.807, 2.05) is 0 Å². The molecule has 0 fully saturated rings. The summed E-state index contributed by atoms with van der Waals surface area (Å²) in [5.41, 5.74) is 0. The average Bonchev–Trinajstić information content (AvgIpc) is 2.93. The van der Waals surface area contributed by atoms with Crippen LogP contribution in [0.25, 0.3) is 0 Å². The van der Waals surface area contributed by atoms with Gasteiger partial charge in [0.15, 0.2) is 0 Å². The first-order valence-corrected chi connectivity index (χ1v) is 19.6. The Morgan fingerprint density at radius 1 is 0.514 bits per heavy atom. The van der Waals surface area contributed by atoms with Crippen LogP contribution in [0.5, 0.6) is 0 Å². The van der Waals surface area contributed by atoms with Crippen molar-refractivity contribution in [1.29, 1.82) is 0 Å². The first kappa shape index (κ1) is 28.6. The summed E-state index contributed by atoms with van der Waals surface area (Å²) in [6, 6.07) is 33.7. The number of hydrogen-bond donors (Lipinski definition) is 0. The second-order valence-corrected chi connectivity index (χ2v) is 21.0. The first-order chi connectivity index (χ1) is 17.2. The summed E-state index contributed by atoms with van der Waals surface area (Å²) < 4.78 is -2.66. The van der Waals surface area contributed by atoms with Gasteiger partial charge in [0, 0.05) is 5.33 Å². The maximum atomic E-state index is 3.52. The molecule has 0 radical (unpaired) electrons. The predicted molar refractivity (Wildman–Crippen MR) is 173 cm³/mol. The van der Waals surface area contributed by atoms with Gasteiger partial charge >= 0.3 is 209 Å². The molecule has 0 saturated heterocycles. The number of unbranched alkanes of at least 4 members (excludes halogenated alkanes) is 9. The SMILES string of the molecule is BrCCCCCCCCCCCC=CCP(I)(c1ccccc1)(c1ccccc1)c1ccccc1. The number of rotatable bonds is 16. The van der Waals surface area contributed by atoms with Gasteiger partial charge in [-0.25, -0.2) is 0 Å². The fraction of sp³-hybridized carbons (Fsp3) is 0.375. The summed E-state index contributed by atoms with van der Waals surface area (Å²) in [5.74, 6) is 0. The third-order valence-electron chi connectivity index (χ3n) is 7.00. The Morgan fingerprint density at radius 2 is 0.886 bits per heavy atom. The van der Waals surface area contributed by atoms with Crippen LogP contribution in [-0.2, 0) is 0 Å². The Hall–Kier alpha value is -0.960. The minimum absolute atomic E-state index is 1.05. The van der Waals surface area contributed by atoms with Crippen LogP contribution in [0, 0.1) is 0 Å². The second kappa shape index (κ2) is 15.3. The number of hydrogen-bond acceptors (Lipinski definition) is 0. The van der Waals surface area contributed by atoms with Crippen LogP contribution in [0.1, 0.15) is 64.2 Å². The summed E-state index contributed by atoms with van der Waals surface area (Å²) in [6.07, 6.45) is 19.6. The van der Waals surface area contributed by atoms with Crippen LogP contribution >= 0.6 is 42.2 Å². The Bertz CT molecular complexity index is 888. The van der Waals surface area contributed by atoms with Gasteiger partial charge in [0.05, 0.1) is 0 Å². The van der Waals surface area contributed by atoms with Gasteiger partial charge in [-0.3, -0.25) is 0 Å². The van der Waals surface area contributed by atoms with E-state index < -0.39 is 4.25 Å². The van der Waals surface area contributed by atoms with E-state index in [9.17, 15) is 0 Å². The van der Waals surface area contributed by atoms with Crippen molar-refractivity contribution in [3.05, 3.63) is 103 Å². The molecule has 3 heteroatoms. The number of benzene rings is 3. The van der Waals surface area contributed by atoms with Crippen molar-refractivity contribution >= 4 is 58.1 Å². The summed E-state index contributed by atoms with van der Waals surface area (Å²) in [6.45, 7) is 0. The van der Waals surface area contributed by atoms with Gasteiger partial charge in [0.25, 0.3) is 0 Å². The molecule has 0 spiro atoms. The van der Waals surface area contributed by atoms with E-state index in [1.165, 1.54) is 80.1 Å². The third kappa shape index (κ3) is 7.76. The van der Waals surface area contributed by atoms with Gasteiger partial charge < -0.3 is 0 Å². The Balaban J connectivity index is 1.67. The van der Waals surface area contributed by atoms with Crippen LogP contribution in [0.3, 0.4) is 0 Å². The van der Waals surface area contributed by atoms with Crippen molar-refractivity contribution in [3.8, 4) is 0 Å². The molecule has 0 N–H and O–H groups in total. The third-order valence-corrected chi connectivity index (χ3v) is 18.8. The van der Waals surface area contributed by atoms with Crippen LogP contribution in [0.2, 0.25) is 0 Å². The Kier molecular flexibility index (Phi) is 12.5. The maximum absolute atomic E-state index is 3.52. The molecule has 0 amide bonds. The molecular formula is C32H41BrIP. The molecule has 0 heterocycles. The standard InChI is InChI=1S/C32H41BrIP/c33-28-20-9-7-5-3-1-2-4-6-8-10-21-29-35(34,30-22-14-11-15-23-30,31-24-16-12-17-25-31)32-26-18-13-19-27-32/h10-19,21-27H,1-9,20,28-29H2. The van der Waals surface area contributed by atoms with Gasteiger partial charge in [-0.15, -0.1) is 0 Å². The minimum atomic E-state index is -2.66. The van der Waals surface area contributed by atoms with Crippen molar-refractivity contribution < 1.29 is 0 Å². The normalized spacial score (nSPS) is 13.0. The summed E-state index contributed by atoms with van der Waals surface area (Å²) in [7, 11) is 0. The van der Waals surface area contributed by atoms with E-state index in [4.69, 9.17) is 0 Å². The zero-order chi connectivity index (χ0) is 24.7. The fourth-order valence-electron chi connectivity index (χ4n) is 4.96. The topological polar surface area (TPSA) is 0 Å². The molecule has 3 aromatic carbocycles. The zero-order valence-corrected chi connectivity index (χ0v) is 25.6. The fourth-order valence-corrected chi connectivity index (χ4v) is 13.4. The molecular weight excluding hydrogens is 622 g/mol. The van der Waals surface area contributed by atoms with E-state index >= 15 is 0 Å². The second-order valence-electron chi connectivity index (χ2n) is 9.50. The average molecular weight is 663 g/mol. The van der Waals surface area contributed by atoms with Crippen molar-refractivity contribution in [3.63, 3.8) is 0 Å². The van der Waals surface area contributed by atoms with Crippen LogP contribution < -0.4 is 15.9 Å². The summed E-state index contributed by atoms with van der Waals surface area (Å²) in [5, 5.41) is 5.52. The Morgan fingerprint density at radius 3 is 1.29 bits per heavy atom. The van der Waals surface area contributed by atoms with Crippen LogP contribution in [-0.4, -0.2) is 11.5 Å². The quantitative estimate of drug-likeness (QED) is 0.0471. The van der Waals surface area contributed by atoms with Gasteiger partial charge in [-0.2, -0.15) is 0 Å². The van der Waals surface area contributed by atoms with E-state index in [1.54, 1.807) is 0 Å². The first-order valence-electron chi connectivity index (χ1n) is 13.3. The van der Waals surface area contributed by atoms with Gasteiger partial charge in [0.2, 0.25) is 0 Å². The predicted octanol–water partition coefficient (Wildman–Crippen LogP) is 9.72. The van der Waals surface area contributed by atoms with E-state index in [2.05, 4.69) is 141 Å². The molecule has 0 aromatic heterocycles. The Labute approximate surface area is 235 Å². The molecule has 0 saturated carbocycles. The molecule has 35 heavy (non-hydrogen) atoms. The molecule has 0 nitrogen and oxygen atoms in total. The van der Waals surface area contributed by atoms with Crippen LogP contribution in [0.15, 0.2) is 103 Å². The number of halogens is 2. The molecule has 0 aliphatic heterocycles. The van der Waals surface area contributed by atoms with E-state index in [0.717, 1.165) is 11.5 Å². The van der Waals surface area contributed by atoms with Crippen LogP contribution in [0.4, 0.5) is 0 Å². The molecule has 0 unspecified atom stereocenters. The zero-order valence-electron chi connectivity index (χ0n) is 21.0. The molecule has 0 bridgehead atoms. The van der Waals surface area contributed by atoms with Crippen molar-refractivity contribution in [2.45, 2.75) is 64.2 Å². The molecule has 3 aromatic rings. The van der Waals surface area contributed by atoms with Gasteiger partial charge in [-0.05, 0) is 6.42 Å². The van der Waals surface area contributed by atoms with Crippen molar-refractivity contribution in [1.82, 2.24) is 0 Å². The van der Waals surface area contributed by atoms with Crippen molar-refractivity contribution in [2.75, 3.05) is 11.5 Å². The molecule has 0 aliphatic rings. The monoisotopic (exact) mass is 662 g/mol. The molecule has 0 atom stereocenters. The summed E-state index contributed by atoms with van der Waals surface area (Å²) in [4.78, 5) is 0. The molecule has 188 valence electrons. The molecule has 0 aliphatic carbocycles. The van der Waals surface area contributed by atoms with Crippen molar-refractivity contribution in [2.24, 2.45) is 0 Å². The van der Waals surface area contributed by atoms with E-state index in [-0.39, 0.29) is 0 Å². The van der Waals surface area contributed by atoms with Gasteiger partial charge in [-0.1, -0.05) is 15.9 Å². The van der Waals surface area contributed by atoms with E-state index in [0.29, 0.717) is 0 Å². The summed E-state index contributed by atoms with van der Waals surface area (Å²) >= 11 is 6.40. The number of alkyl halides is 1. The number of allylic oxidation sites excluding steroid dienone is 2. The molecule has 3 rings (SSSR count). The van der Waals surface area contributed by atoms with Gasteiger partial charge in [0.1, 0.15) is 0 Å².